The first-order chi connectivity index (χ1) is 7.65. The van der Waals surface area contributed by atoms with Crippen LogP contribution in [0.1, 0.15) is 39.5 Å². The van der Waals surface area contributed by atoms with Crippen LogP contribution in [0.3, 0.4) is 0 Å². The maximum absolute atomic E-state index is 11.9. The first-order valence-corrected chi connectivity index (χ1v) is 6.34. The smallest absolute Gasteiger partial charge is 0.249 e. The van der Waals surface area contributed by atoms with Crippen LogP contribution in [0.15, 0.2) is 0 Å². The van der Waals surface area contributed by atoms with Crippen molar-refractivity contribution in [2.45, 2.75) is 63.8 Å². The average molecular weight is 226 g/mol. The molecule has 4 atom stereocenters. The molecule has 2 aliphatic heterocycles. The fourth-order valence-corrected chi connectivity index (χ4v) is 2.41. The lowest BCUT2D eigenvalue weighted by molar-refractivity contribution is -0.132. The molecule has 4 unspecified atom stereocenters. The van der Waals surface area contributed by atoms with Crippen molar-refractivity contribution >= 4 is 5.91 Å². The van der Waals surface area contributed by atoms with Crippen molar-refractivity contribution in [2.24, 2.45) is 0 Å². The van der Waals surface area contributed by atoms with Gasteiger partial charge in [-0.2, -0.15) is 0 Å². The molecule has 2 heterocycles. The molecule has 4 nitrogen and oxygen atoms in total. The van der Waals surface area contributed by atoms with Crippen molar-refractivity contribution in [3.8, 4) is 0 Å². The molecular formula is C12H22N2O2. The average Bonchev–Trinajstić information content (AvgIpc) is 2.68. The van der Waals surface area contributed by atoms with Gasteiger partial charge in [0.1, 0.15) is 6.10 Å². The summed E-state index contributed by atoms with van der Waals surface area (Å²) in [5.41, 5.74) is 0. The topological polar surface area (TPSA) is 50.4 Å². The third kappa shape index (κ3) is 2.95. The standard InChI is InChI=1S/C12H22N2O2/c1-8-3-5-10(7-13-8)14-12(15)11-6-4-9(2)16-11/h8-11,13H,3-7H2,1-2H3,(H,14,15). The third-order valence-corrected chi connectivity index (χ3v) is 3.53. The molecular weight excluding hydrogens is 204 g/mol. The predicted molar refractivity (Wildman–Crippen MR) is 62.2 cm³/mol. The summed E-state index contributed by atoms with van der Waals surface area (Å²) in [5.74, 6) is 0.0747. The maximum Gasteiger partial charge on any atom is 0.249 e. The van der Waals surface area contributed by atoms with Crippen molar-refractivity contribution in [2.75, 3.05) is 6.54 Å². The fourth-order valence-electron chi connectivity index (χ4n) is 2.41. The Balaban J connectivity index is 1.75. The van der Waals surface area contributed by atoms with E-state index in [4.69, 9.17) is 4.74 Å². The van der Waals surface area contributed by atoms with Gasteiger partial charge >= 0.3 is 0 Å². The maximum atomic E-state index is 11.9. The van der Waals surface area contributed by atoms with Gasteiger partial charge in [0.2, 0.25) is 5.91 Å². The van der Waals surface area contributed by atoms with E-state index in [1.807, 2.05) is 6.92 Å². The molecule has 0 aromatic heterocycles. The molecule has 2 aliphatic rings. The summed E-state index contributed by atoms with van der Waals surface area (Å²) in [6, 6.07) is 0.860. The Kier molecular flexibility index (Phi) is 3.82. The minimum atomic E-state index is -0.214. The first-order valence-electron chi connectivity index (χ1n) is 6.34. The van der Waals surface area contributed by atoms with Gasteiger partial charge < -0.3 is 15.4 Å². The Bertz CT molecular complexity index is 249. The number of ether oxygens (including phenoxy) is 1. The van der Waals surface area contributed by atoms with Crippen LogP contribution in [0.2, 0.25) is 0 Å². The number of amides is 1. The highest BCUT2D eigenvalue weighted by atomic mass is 16.5. The van der Waals surface area contributed by atoms with E-state index in [2.05, 4.69) is 17.6 Å². The van der Waals surface area contributed by atoms with Crippen molar-refractivity contribution in [3.05, 3.63) is 0 Å². The Hall–Kier alpha value is -0.610. The Labute approximate surface area is 97.1 Å². The van der Waals surface area contributed by atoms with Crippen molar-refractivity contribution < 1.29 is 9.53 Å². The SMILES string of the molecule is CC1CCC(NC(=O)C2CCC(C)O2)CN1. The molecule has 0 aliphatic carbocycles. The number of piperidine rings is 1. The Morgan fingerprint density at radius 3 is 2.62 bits per heavy atom. The highest BCUT2D eigenvalue weighted by Gasteiger charge is 2.30. The molecule has 0 radical (unpaired) electrons. The number of nitrogens with one attached hydrogen (secondary N) is 2. The van der Waals surface area contributed by atoms with Crippen LogP contribution in [0.25, 0.3) is 0 Å². The van der Waals surface area contributed by atoms with Gasteiger partial charge in [0.05, 0.1) is 6.10 Å². The molecule has 4 heteroatoms. The lowest BCUT2D eigenvalue weighted by Crippen LogP contribution is -2.50. The van der Waals surface area contributed by atoms with Gasteiger partial charge in [0, 0.05) is 18.6 Å². The van der Waals surface area contributed by atoms with Crippen LogP contribution in [-0.4, -0.2) is 36.7 Å². The normalized spacial score (nSPS) is 39.6. The minimum Gasteiger partial charge on any atom is -0.365 e. The monoisotopic (exact) mass is 226 g/mol. The molecule has 92 valence electrons. The molecule has 2 saturated heterocycles. The van der Waals surface area contributed by atoms with Crippen molar-refractivity contribution in [3.63, 3.8) is 0 Å². The van der Waals surface area contributed by atoms with Crippen LogP contribution in [-0.2, 0) is 9.53 Å². The van der Waals surface area contributed by atoms with Gasteiger partial charge in [0.15, 0.2) is 0 Å². The van der Waals surface area contributed by atoms with Crippen molar-refractivity contribution in [1.82, 2.24) is 10.6 Å². The highest BCUT2D eigenvalue weighted by molar-refractivity contribution is 5.81. The van der Waals surface area contributed by atoms with Crippen LogP contribution in [0.5, 0.6) is 0 Å². The predicted octanol–water partition coefficient (Wildman–Crippen LogP) is 0.811. The lowest BCUT2D eigenvalue weighted by atomic mass is 10.0. The number of hydrogen-bond donors (Lipinski definition) is 2. The molecule has 0 aromatic rings. The quantitative estimate of drug-likeness (QED) is 0.732. The molecule has 2 fully saturated rings. The van der Waals surface area contributed by atoms with E-state index < -0.39 is 0 Å². The second-order valence-electron chi connectivity index (χ2n) is 5.10. The molecule has 1 amide bonds. The Morgan fingerprint density at radius 1 is 1.25 bits per heavy atom. The van der Waals surface area contributed by atoms with E-state index in [1.165, 1.54) is 0 Å². The van der Waals surface area contributed by atoms with E-state index in [0.717, 1.165) is 32.2 Å². The summed E-state index contributed by atoms with van der Waals surface area (Å²) in [6.45, 7) is 5.09. The van der Waals surface area contributed by atoms with Gasteiger partial charge in [-0.15, -0.1) is 0 Å². The molecule has 0 bridgehead atoms. The number of hydrogen-bond acceptors (Lipinski definition) is 3. The lowest BCUT2D eigenvalue weighted by Gasteiger charge is -2.29. The second-order valence-corrected chi connectivity index (χ2v) is 5.10. The van der Waals surface area contributed by atoms with E-state index >= 15 is 0 Å². The molecule has 2 N–H and O–H groups in total. The van der Waals surface area contributed by atoms with Crippen LogP contribution in [0.4, 0.5) is 0 Å². The fraction of sp³-hybridized carbons (Fsp3) is 0.917. The van der Waals surface area contributed by atoms with E-state index in [9.17, 15) is 4.79 Å². The summed E-state index contributed by atoms with van der Waals surface area (Å²) in [6.07, 6.45) is 4.09. The zero-order chi connectivity index (χ0) is 11.5. The summed E-state index contributed by atoms with van der Waals surface area (Å²) < 4.78 is 5.55. The van der Waals surface area contributed by atoms with E-state index in [0.29, 0.717) is 6.04 Å². The van der Waals surface area contributed by atoms with Crippen LogP contribution >= 0.6 is 0 Å². The van der Waals surface area contributed by atoms with Crippen molar-refractivity contribution in [1.29, 1.82) is 0 Å². The summed E-state index contributed by atoms with van der Waals surface area (Å²) in [5, 5.41) is 6.46. The van der Waals surface area contributed by atoms with Crippen LogP contribution < -0.4 is 10.6 Å². The van der Waals surface area contributed by atoms with Crippen LogP contribution in [0, 0.1) is 0 Å². The Morgan fingerprint density at radius 2 is 2.06 bits per heavy atom. The van der Waals surface area contributed by atoms with Gasteiger partial charge in [0.25, 0.3) is 0 Å². The zero-order valence-corrected chi connectivity index (χ0v) is 10.2. The summed E-state index contributed by atoms with van der Waals surface area (Å²) >= 11 is 0. The second kappa shape index (κ2) is 5.15. The summed E-state index contributed by atoms with van der Waals surface area (Å²) in [7, 11) is 0. The minimum absolute atomic E-state index is 0.0747. The van der Waals surface area contributed by atoms with Gasteiger partial charge in [-0.1, -0.05) is 0 Å². The largest absolute Gasteiger partial charge is 0.365 e. The number of carbonyl (C=O) groups is 1. The molecule has 2 rings (SSSR count). The van der Waals surface area contributed by atoms with Gasteiger partial charge in [-0.25, -0.2) is 0 Å². The highest BCUT2D eigenvalue weighted by Crippen LogP contribution is 2.19. The molecule has 0 saturated carbocycles. The third-order valence-electron chi connectivity index (χ3n) is 3.53. The molecule has 0 spiro atoms. The zero-order valence-electron chi connectivity index (χ0n) is 10.2. The van der Waals surface area contributed by atoms with Gasteiger partial charge in [-0.3, -0.25) is 4.79 Å². The van der Waals surface area contributed by atoms with E-state index in [1.54, 1.807) is 0 Å². The number of rotatable bonds is 2. The number of carbonyl (C=O) groups excluding carboxylic acids is 1. The molecule has 0 aromatic carbocycles. The van der Waals surface area contributed by atoms with E-state index in [-0.39, 0.29) is 24.2 Å². The molecule has 16 heavy (non-hydrogen) atoms. The first kappa shape index (κ1) is 11.9. The van der Waals surface area contributed by atoms with Gasteiger partial charge in [-0.05, 0) is 39.5 Å². The summed E-state index contributed by atoms with van der Waals surface area (Å²) in [4.78, 5) is 11.9.